The summed E-state index contributed by atoms with van der Waals surface area (Å²) in [6.07, 6.45) is 0.920. The lowest BCUT2D eigenvalue weighted by Crippen LogP contribution is -2.53. The number of anilines is 1. The lowest BCUT2D eigenvalue weighted by atomic mass is 9.98. The second-order valence-corrected chi connectivity index (χ2v) is 12.0. The van der Waals surface area contributed by atoms with Gasteiger partial charge in [0.05, 0.1) is 0 Å². The van der Waals surface area contributed by atoms with E-state index in [-0.39, 0.29) is 24.6 Å². The first-order valence-electron chi connectivity index (χ1n) is 14.8. The summed E-state index contributed by atoms with van der Waals surface area (Å²) < 4.78 is 5.52. The van der Waals surface area contributed by atoms with Gasteiger partial charge < -0.3 is 25.4 Å². The minimum absolute atomic E-state index is 0.0950. The third kappa shape index (κ3) is 9.33. The fourth-order valence-corrected chi connectivity index (χ4v) is 4.92. The number of aryl methyl sites for hydroxylation is 3. The van der Waals surface area contributed by atoms with E-state index in [9.17, 15) is 19.5 Å². The summed E-state index contributed by atoms with van der Waals surface area (Å²) in [6, 6.07) is 18.1. The summed E-state index contributed by atoms with van der Waals surface area (Å²) >= 11 is 0. The van der Waals surface area contributed by atoms with Crippen molar-refractivity contribution in [3.8, 4) is 5.75 Å². The van der Waals surface area contributed by atoms with Gasteiger partial charge in [0.1, 0.15) is 23.4 Å². The summed E-state index contributed by atoms with van der Waals surface area (Å²) in [5, 5.41) is 16.1. The monoisotopic (exact) mass is 587 g/mol. The molecule has 0 fully saturated rings. The third-order valence-electron chi connectivity index (χ3n) is 7.13. The van der Waals surface area contributed by atoms with Gasteiger partial charge in [-0.3, -0.25) is 9.59 Å². The number of carbonyl (C=O) groups is 3. The van der Waals surface area contributed by atoms with Crippen LogP contribution in [0.2, 0.25) is 0 Å². The Balaban J connectivity index is 2.11. The molecule has 2 atom stereocenters. The first-order valence-corrected chi connectivity index (χ1v) is 14.8. The van der Waals surface area contributed by atoms with Crippen LogP contribution >= 0.6 is 0 Å². The topological polar surface area (TPSA) is 108 Å². The molecule has 8 nitrogen and oxygen atoms in total. The zero-order valence-corrected chi connectivity index (χ0v) is 26.4. The Labute approximate surface area is 255 Å². The summed E-state index contributed by atoms with van der Waals surface area (Å²) in [4.78, 5) is 43.3. The molecule has 0 aliphatic rings. The molecular weight excluding hydrogens is 542 g/mol. The van der Waals surface area contributed by atoms with Crippen LogP contribution < -0.4 is 10.6 Å². The SMILES string of the molecule is CCCCN(C(=O)C(Cc1ccccc1)NC(=O)OC(C)(C)C)C(C(=O)Nc1c(C)cccc1C)c1ccc(O)c(C)c1. The second kappa shape index (κ2) is 14.7. The highest BCUT2D eigenvalue weighted by Gasteiger charge is 2.36. The number of hydrogen-bond acceptors (Lipinski definition) is 5. The molecule has 0 radical (unpaired) electrons. The number of amides is 3. The van der Waals surface area contributed by atoms with Crippen molar-refractivity contribution in [2.75, 3.05) is 11.9 Å². The zero-order valence-electron chi connectivity index (χ0n) is 26.4. The van der Waals surface area contributed by atoms with Crippen LogP contribution in [0.4, 0.5) is 10.5 Å². The minimum atomic E-state index is -1.03. The van der Waals surface area contributed by atoms with Crippen LogP contribution in [0, 0.1) is 20.8 Å². The average Bonchev–Trinajstić information content (AvgIpc) is 2.93. The van der Waals surface area contributed by atoms with E-state index in [1.54, 1.807) is 44.7 Å². The van der Waals surface area contributed by atoms with Crippen LogP contribution in [0.3, 0.4) is 0 Å². The van der Waals surface area contributed by atoms with Crippen LogP contribution in [-0.4, -0.2) is 46.1 Å². The number of para-hydroxylation sites is 1. The van der Waals surface area contributed by atoms with E-state index in [0.29, 0.717) is 23.2 Å². The number of rotatable bonds is 11. The first kappa shape index (κ1) is 33.2. The fourth-order valence-electron chi connectivity index (χ4n) is 4.92. The van der Waals surface area contributed by atoms with Gasteiger partial charge >= 0.3 is 6.09 Å². The van der Waals surface area contributed by atoms with Gasteiger partial charge in [-0.2, -0.15) is 0 Å². The number of unbranched alkanes of at least 4 members (excludes halogenated alkanes) is 1. The number of carbonyl (C=O) groups excluding carboxylic acids is 3. The molecule has 0 saturated heterocycles. The van der Waals surface area contributed by atoms with E-state index in [1.165, 1.54) is 6.07 Å². The van der Waals surface area contributed by atoms with Gasteiger partial charge in [0.25, 0.3) is 5.91 Å². The molecule has 3 N–H and O–H groups in total. The molecule has 43 heavy (non-hydrogen) atoms. The Morgan fingerprint density at radius 1 is 0.907 bits per heavy atom. The number of nitrogens with one attached hydrogen (secondary N) is 2. The van der Waals surface area contributed by atoms with Crippen LogP contribution in [0.15, 0.2) is 66.7 Å². The smallest absolute Gasteiger partial charge is 0.408 e. The molecule has 0 bridgehead atoms. The molecule has 0 aromatic heterocycles. The third-order valence-corrected chi connectivity index (χ3v) is 7.13. The van der Waals surface area contributed by atoms with Crippen molar-refractivity contribution in [3.05, 3.63) is 94.5 Å². The molecule has 230 valence electrons. The summed E-state index contributed by atoms with van der Waals surface area (Å²) in [6.45, 7) is 13.2. The number of aromatic hydroxyl groups is 1. The molecule has 3 aromatic carbocycles. The van der Waals surface area contributed by atoms with Crippen molar-refractivity contribution in [3.63, 3.8) is 0 Å². The van der Waals surface area contributed by atoms with Gasteiger partial charge in [-0.25, -0.2) is 4.79 Å². The van der Waals surface area contributed by atoms with Gasteiger partial charge in [0, 0.05) is 18.7 Å². The van der Waals surface area contributed by atoms with Gasteiger partial charge in [-0.1, -0.05) is 67.9 Å². The molecule has 0 spiro atoms. The second-order valence-electron chi connectivity index (χ2n) is 12.0. The summed E-state index contributed by atoms with van der Waals surface area (Å²) in [5.41, 5.74) is 3.71. The van der Waals surface area contributed by atoms with Crippen LogP contribution in [0.1, 0.15) is 74.4 Å². The van der Waals surface area contributed by atoms with E-state index in [1.807, 2.05) is 69.3 Å². The number of hydrogen-bond donors (Lipinski definition) is 3. The largest absolute Gasteiger partial charge is 0.508 e. The highest BCUT2D eigenvalue weighted by atomic mass is 16.6. The van der Waals surface area contributed by atoms with Crippen LogP contribution in [-0.2, 0) is 20.7 Å². The van der Waals surface area contributed by atoms with Crippen molar-refractivity contribution in [1.82, 2.24) is 10.2 Å². The highest BCUT2D eigenvalue weighted by Crippen LogP contribution is 2.30. The Kier molecular flexibility index (Phi) is 11.4. The minimum Gasteiger partial charge on any atom is -0.508 e. The Bertz CT molecular complexity index is 1390. The van der Waals surface area contributed by atoms with E-state index in [4.69, 9.17) is 4.74 Å². The molecule has 2 unspecified atom stereocenters. The number of phenolic OH excluding ortho intramolecular Hbond substituents is 1. The summed E-state index contributed by atoms with van der Waals surface area (Å²) in [5.74, 6) is -0.698. The van der Waals surface area contributed by atoms with E-state index < -0.39 is 29.7 Å². The number of benzene rings is 3. The Morgan fingerprint density at radius 2 is 1.56 bits per heavy atom. The van der Waals surface area contributed by atoms with Crippen molar-refractivity contribution < 1.29 is 24.2 Å². The average molecular weight is 588 g/mol. The molecule has 8 heteroatoms. The predicted octanol–water partition coefficient (Wildman–Crippen LogP) is 6.76. The molecular formula is C35H45N3O5. The molecule has 0 aliphatic carbocycles. The number of phenols is 1. The lowest BCUT2D eigenvalue weighted by molar-refractivity contribution is -0.140. The standard InChI is InChI=1S/C35H45N3O5/c1-8-9-20-38(33(41)28(22-26-16-11-10-12-17-26)36-34(42)43-35(5,6)7)31(27-18-19-29(39)25(4)21-27)32(40)37-30-23(2)14-13-15-24(30)3/h10-19,21,28,31,39H,8-9,20,22H2,1-7H3,(H,36,42)(H,37,40). The zero-order chi connectivity index (χ0) is 31.7. The summed E-state index contributed by atoms with van der Waals surface area (Å²) in [7, 11) is 0. The van der Waals surface area contributed by atoms with Gasteiger partial charge in [-0.05, 0) is 87.9 Å². The number of alkyl carbamates (subject to hydrolysis) is 1. The van der Waals surface area contributed by atoms with Gasteiger partial charge in [0.2, 0.25) is 5.91 Å². The predicted molar refractivity (Wildman–Crippen MR) is 170 cm³/mol. The maximum absolute atomic E-state index is 14.5. The number of nitrogens with zero attached hydrogens (tertiary/aromatic N) is 1. The normalized spacial score (nSPS) is 12.6. The van der Waals surface area contributed by atoms with Crippen LogP contribution in [0.25, 0.3) is 0 Å². The van der Waals surface area contributed by atoms with Crippen molar-refractivity contribution in [1.29, 1.82) is 0 Å². The van der Waals surface area contributed by atoms with Gasteiger partial charge in [0.15, 0.2) is 0 Å². The quantitative estimate of drug-likeness (QED) is 0.230. The van der Waals surface area contributed by atoms with Crippen molar-refractivity contribution >= 4 is 23.6 Å². The maximum atomic E-state index is 14.5. The van der Waals surface area contributed by atoms with E-state index in [2.05, 4.69) is 10.6 Å². The molecule has 0 saturated carbocycles. The van der Waals surface area contributed by atoms with E-state index >= 15 is 0 Å². The molecule has 0 heterocycles. The molecule has 3 amide bonds. The lowest BCUT2D eigenvalue weighted by Gasteiger charge is -2.35. The fraction of sp³-hybridized carbons (Fsp3) is 0.400. The first-order chi connectivity index (χ1) is 20.3. The highest BCUT2D eigenvalue weighted by molar-refractivity contribution is 6.00. The Morgan fingerprint density at radius 3 is 2.14 bits per heavy atom. The van der Waals surface area contributed by atoms with Gasteiger partial charge in [-0.15, -0.1) is 0 Å². The molecule has 3 rings (SSSR count). The maximum Gasteiger partial charge on any atom is 0.408 e. The molecule has 0 aliphatic heterocycles. The van der Waals surface area contributed by atoms with E-state index in [0.717, 1.165) is 23.1 Å². The van der Waals surface area contributed by atoms with Crippen LogP contribution in [0.5, 0.6) is 5.75 Å². The number of ether oxygens (including phenoxy) is 1. The molecule has 3 aromatic rings. The van der Waals surface area contributed by atoms with Crippen molar-refractivity contribution in [2.24, 2.45) is 0 Å². The Hall–Kier alpha value is -4.33. The van der Waals surface area contributed by atoms with Crippen molar-refractivity contribution in [2.45, 2.75) is 85.4 Å².